The van der Waals surface area contributed by atoms with E-state index < -0.39 is 132 Å². The summed E-state index contributed by atoms with van der Waals surface area (Å²) in [5.74, 6) is 3.06. The van der Waals surface area contributed by atoms with Gasteiger partial charge in [-0.3, -0.25) is 29.3 Å². The van der Waals surface area contributed by atoms with Crippen LogP contribution in [-0.2, 0) is 59.0 Å². The molecule has 466 valence electrons. The van der Waals surface area contributed by atoms with Gasteiger partial charge in [0.15, 0.2) is 29.1 Å². The monoisotopic (exact) mass is 1190 g/mol. The van der Waals surface area contributed by atoms with Crippen LogP contribution in [0, 0.1) is 58.2 Å². The number of nitrogens with two attached hydrogens (primary N) is 1. The average Bonchev–Trinajstić information content (AvgIpc) is 1.61. The van der Waals surface area contributed by atoms with Gasteiger partial charge < -0.3 is 65.8 Å². The quantitative estimate of drug-likeness (QED) is 0.0317. The van der Waals surface area contributed by atoms with E-state index in [9.17, 15) is 43.5 Å². The standard InChI is InChI=1S/C61H83F2N7O15/c1-6-12-51-84-49-29-42-43-28-45(62)44-27-38(71)20-22-58(44,4)60(43,63)47(72)30-59(42,5)61(49,85-51)48(73)33-81-34-67-57(79)82-31-36-16-18-37(19-17-36)68-53(75)46(15-11-23-65-55(64)77)69-54(76)52(35(2)3)70-50(74)21-25-80-26-24-66-56(78)83-32-41-39-13-9-7-8-10-14-40(39)41/h16-20,22,27,35,39-43,45-47,49,51-52,72H,6,9-15,21,23-26,28-34H2,1-5H3,(H,66,78)(H,67,79)(H,68,75)(H,69,76)(H,70,74)(H3,64,65,77)/t39-,40+,41?,42-,43-,45-,46-,47-,49+,51?,52-,58-,59-,60-,61+/m0/s1. The van der Waals surface area contributed by atoms with E-state index in [1.807, 2.05) is 6.92 Å². The molecule has 1 aromatic carbocycles. The van der Waals surface area contributed by atoms with Crippen LogP contribution in [0.25, 0.3) is 0 Å². The summed E-state index contributed by atoms with van der Waals surface area (Å²) in [4.78, 5) is 104. The van der Waals surface area contributed by atoms with Crippen molar-refractivity contribution in [3.8, 4) is 11.8 Å². The van der Waals surface area contributed by atoms with Gasteiger partial charge in [0.2, 0.25) is 17.7 Å². The number of nitrogens with one attached hydrogen (secondary N) is 6. The summed E-state index contributed by atoms with van der Waals surface area (Å²) in [6, 6.07) is 3.41. The Morgan fingerprint density at radius 2 is 1.61 bits per heavy atom. The number of primary amides is 1. The van der Waals surface area contributed by atoms with Crippen molar-refractivity contribution < 1.29 is 80.7 Å². The van der Waals surface area contributed by atoms with Crippen molar-refractivity contribution >= 4 is 53.2 Å². The Balaban J connectivity index is 0.770. The summed E-state index contributed by atoms with van der Waals surface area (Å²) in [6.45, 7) is 8.27. The van der Waals surface area contributed by atoms with E-state index in [4.69, 9.17) is 34.2 Å². The molecule has 15 atom stereocenters. The van der Waals surface area contributed by atoms with Gasteiger partial charge in [0, 0.05) is 54.8 Å². The van der Waals surface area contributed by atoms with Crippen LogP contribution in [-0.4, -0.2) is 147 Å². The minimum Gasteiger partial charge on any atom is -0.449 e. The summed E-state index contributed by atoms with van der Waals surface area (Å²) in [7, 11) is 0. The molecular weight excluding hydrogens is 1110 g/mol. The molecule has 9 N–H and O–H groups in total. The highest BCUT2D eigenvalue weighted by Crippen LogP contribution is 2.72. The molecule has 2 unspecified atom stereocenters. The summed E-state index contributed by atoms with van der Waals surface area (Å²) >= 11 is 0. The molecule has 0 bridgehead atoms. The molecule has 1 aromatic rings. The van der Waals surface area contributed by atoms with Gasteiger partial charge >= 0.3 is 18.2 Å². The second kappa shape index (κ2) is 27.9. The number of alkyl halides is 2. The number of rotatable bonds is 27. The number of aliphatic hydroxyl groups is 1. The minimum absolute atomic E-state index is 0.00648. The SMILES string of the molecule is CCCC1O[C@@H]2C[C@H]3[C@@H]4C[C@H](F)C5=CC(=O)C=C[C@]5(C)[C@@]4(F)[C@@H](O)C[C@]3(C)[C@]2(C(=O)COCNC(=O)OCc2ccc(NC(=O)[C@H](CCCNC(N)=O)NC(=O)[C@@H](NC(=O)CCOCCNC(=O)OCC3[C@H]4CCC#CCC[C@@H]34)C(C)C)cc2)O1. The number of carbonyl (C=O) groups is 8. The van der Waals surface area contributed by atoms with Crippen molar-refractivity contribution in [1.29, 1.82) is 0 Å². The molecule has 4 saturated carbocycles. The molecule has 6 aliphatic carbocycles. The Morgan fingerprint density at radius 3 is 2.31 bits per heavy atom. The number of hydrogen-bond donors (Lipinski definition) is 8. The van der Waals surface area contributed by atoms with E-state index >= 15 is 8.78 Å². The van der Waals surface area contributed by atoms with Gasteiger partial charge in [-0.25, -0.2) is 23.2 Å². The molecule has 7 aliphatic rings. The molecule has 0 spiro atoms. The summed E-state index contributed by atoms with van der Waals surface area (Å²) in [5.41, 5.74) is -0.801. The van der Waals surface area contributed by atoms with Crippen molar-refractivity contribution in [3.63, 3.8) is 0 Å². The maximum Gasteiger partial charge on any atom is 0.409 e. The molecule has 24 heteroatoms. The van der Waals surface area contributed by atoms with Crippen LogP contribution in [0.3, 0.4) is 0 Å². The van der Waals surface area contributed by atoms with Crippen molar-refractivity contribution in [3.05, 3.63) is 53.6 Å². The van der Waals surface area contributed by atoms with E-state index in [1.165, 1.54) is 19.1 Å². The second-order valence-electron chi connectivity index (χ2n) is 24.2. The van der Waals surface area contributed by atoms with Crippen molar-refractivity contribution in [2.75, 3.05) is 51.6 Å². The molecule has 0 aromatic heterocycles. The van der Waals surface area contributed by atoms with Gasteiger partial charge in [-0.1, -0.05) is 52.3 Å². The minimum atomic E-state index is -2.36. The first kappa shape index (κ1) is 64.5. The Labute approximate surface area is 494 Å². The summed E-state index contributed by atoms with van der Waals surface area (Å²) in [6.07, 6.45) is 2.17. The fraction of sp³-hybridized carbons (Fsp3) is 0.672. The van der Waals surface area contributed by atoms with Gasteiger partial charge in [-0.15, -0.1) is 11.8 Å². The Bertz CT molecular complexity index is 2760. The Morgan fingerprint density at radius 1 is 0.894 bits per heavy atom. The molecule has 1 aliphatic heterocycles. The predicted octanol–water partition coefficient (Wildman–Crippen LogP) is 5.25. The third-order valence-electron chi connectivity index (χ3n) is 18.6. The van der Waals surface area contributed by atoms with Crippen LogP contribution >= 0.6 is 0 Å². The Hall–Kier alpha value is -6.52. The molecule has 85 heavy (non-hydrogen) atoms. The number of amides is 7. The lowest BCUT2D eigenvalue weighted by Gasteiger charge is -2.63. The topological polar surface area (TPSA) is 310 Å². The number of fused-ring (bicyclic) bond motifs is 8. The molecule has 8 rings (SSSR count). The zero-order valence-corrected chi connectivity index (χ0v) is 49.1. The van der Waals surface area contributed by atoms with E-state index in [1.54, 1.807) is 45.0 Å². The van der Waals surface area contributed by atoms with Crippen LogP contribution in [0.15, 0.2) is 48.1 Å². The summed E-state index contributed by atoms with van der Waals surface area (Å²) < 4.78 is 68.9. The normalized spacial score (nSPS) is 31.8. The average molecular weight is 1190 g/mol. The zero-order valence-electron chi connectivity index (χ0n) is 49.1. The van der Waals surface area contributed by atoms with Crippen LogP contribution < -0.4 is 37.6 Å². The smallest absolute Gasteiger partial charge is 0.409 e. The Kier molecular flexibility index (Phi) is 21.2. The second-order valence-corrected chi connectivity index (χ2v) is 24.2. The number of Topliss-reactive ketones (excluding diaryl/α,β-unsaturated/α-hetero) is 1. The maximum atomic E-state index is 17.9. The molecule has 7 amide bonds. The number of benzene rings is 1. The number of aliphatic hydroxyl groups excluding tert-OH is 1. The molecule has 1 heterocycles. The molecule has 1 saturated heterocycles. The predicted molar refractivity (Wildman–Crippen MR) is 303 cm³/mol. The lowest BCUT2D eigenvalue weighted by molar-refractivity contribution is -0.235. The number of halogens is 2. The van der Waals surface area contributed by atoms with Crippen LogP contribution in [0.1, 0.15) is 117 Å². The fourth-order valence-corrected chi connectivity index (χ4v) is 14.2. The highest BCUT2D eigenvalue weighted by Gasteiger charge is 2.80. The number of anilines is 1. The number of carbonyl (C=O) groups excluding carboxylic acids is 8. The maximum absolute atomic E-state index is 17.9. The van der Waals surface area contributed by atoms with Crippen LogP contribution in [0.4, 0.5) is 28.9 Å². The van der Waals surface area contributed by atoms with Crippen LogP contribution in [0.2, 0.25) is 0 Å². The van der Waals surface area contributed by atoms with E-state index in [0.717, 1.165) is 31.8 Å². The molecular formula is C61H83F2N7O15. The lowest BCUT2D eigenvalue weighted by atomic mass is 9.44. The van der Waals surface area contributed by atoms with Gasteiger partial charge in [0.05, 0.1) is 32.0 Å². The van der Waals surface area contributed by atoms with Crippen molar-refractivity contribution in [1.82, 2.24) is 26.6 Å². The number of alkyl carbamates (subject to hydrolysis) is 2. The highest BCUT2D eigenvalue weighted by molar-refractivity contribution is 6.01. The van der Waals surface area contributed by atoms with E-state index in [2.05, 4.69) is 43.7 Å². The third-order valence-corrected chi connectivity index (χ3v) is 18.6. The summed E-state index contributed by atoms with van der Waals surface area (Å²) in [5, 5.41) is 27.7. The highest BCUT2D eigenvalue weighted by atomic mass is 19.1. The molecule has 22 nitrogen and oxygen atoms in total. The molecule has 0 radical (unpaired) electrons. The first-order valence-corrected chi connectivity index (χ1v) is 29.8. The number of hydrogen-bond acceptors (Lipinski definition) is 15. The molecule has 5 fully saturated rings. The first-order valence-electron chi connectivity index (χ1n) is 29.8. The number of allylic oxidation sites excluding steroid dienone is 4. The van der Waals surface area contributed by atoms with E-state index in [0.29, 0.717) is 48.5 Å². The number of urea groups is 1. The first-order chi connectivity index (χ1) is 40.6. The van der Waals surface area contributed by atoms with Crippen LogP contribution in [0.5, 0.6) is 0 Å². The van der Waals surface area contributed by atoms with Crippen molar-refractivity contribution in [2.24, 2.45) is 52.1 Å². The van der Waals surface area contributed by atoms with Gasteiger partial charge in [-0.05, 0) is 123 Å². The van der Waals surface area contributed by atoms with Crippen molar-refractivity contribution in [2.45, 2.75) is 166 Å². The van der Waals surface area contributed by atoms with Gasteiger partial charge in [-0.2, -0.15) is 0 Å². The number of ether oxygens (including phenoxy) is 6. The lowest BCUT2D eigenvalue weighted by Crippen LogP contribution is -2.71. The van der Waals surface area contributed by atoms with Gasteiger partial charge in [0.25, 0.3) is 0 Å². The zero-order chi connectivity index (χ0) is 61.3. The third kappa shape index (κ3) is 14.2. The fourth-order valence-electron chi connectivity index (χ4n) is 14.2. The van der Waals surface area contributed by atoms with Gasteiger partial charge in [0.1, 0.15) is 38.2 Å². The number of ketones is 2. The largest absolute Gasteiger partial charge is 0.449 e. The van der Waals surface area contributed by atoms with E-state index in [-0.39, 0.29) is 82.9 Å².